The lowest BCUT2D eigenvalue weighted by Crippen LogP contribution is -2.58. The van der Waals surface area contributed by atoms with Gasteiger partial charge in [-0.2, -0.15) is 4.98 Å². The van der Waals surface area contributed by atoms with Crippen molar-refractivity contribution < 1.29 is 19.0 Å². The topological polar surface area (TPSA) is 77.0 Å². The molecule has 1 aromatic heterocycles. The molecule has 3 saturated heterocycles. The van der Waals surface area contributed by atoms with Crippen LogP contribution in [-0.2, 0) is 9.47 Å². The Bertz CT molecular complexity index is 701. The number of anilines is 1. The van der Waals surface area contributed by atoms with E-state index in [1.807, 2.05) is 11.9 Å². The van der Waals surface area contributed by atoms with Crippen molar-refractivity contribution in [3.05, 3.63) is 11.2 Å². The van der Waals surface area contributed by atoms with Crippen LogP contribution in [0.25, 0.3) is 0 Å². The molecular weight excluding hydrogens is 384 g/mol. The molecule has 0 aromatic carbocycles. The fraction of sp³-hybridized carbons (Fsp3) is 0.737. The van der Waals surface area contributed by atoms with Gasteiger partial charge in [-0.3, -0.25) is 0 Å². The average molecular weight is 411 g/mol. The maximum Gasteiger partial charge on any atom is 0.409 e. The number of aromatic nitrogens is 2. The lowest BCUT2D eigenvalue weighted by molar-refractivity contribution is 0.0260. The largest absolute Gasteiger partial charge is 0.472 e. The van der Waals surface area contributed by atoms with E-state index in [1.54, 1.807) is 6.07 Å². The number of carbonyl (C=O) groups is 1. The first-order valence-electron chi connectivity index (χ1n) is 9.93. The van der Waals surface area contributed by atoms with E-state index in [2.05, 4.69) is 14.9 Å². The molecule has 28 heavy (non-hydrogen) atoms. The highest BCUT2D eigenvalue weighted by molar-refractivity contribution is 6.29. The summed E-state index contributed by atoms with van der Waals surface area (Å²) in [5.41, 5.74) is 0. The first kappa shape index (κ1) is 19.5. The second-order valence-corrected chi connectivity index (χ2v) is 8.17. The Kier molecular flexibility index (Phi) is 5.78. The summed E-state index contributed by atoms with van der Waals surface area (Å²) in [6, 6.07) is 2.26. The summed E-state index contributed by atoms with van der Waals surface area (Å²) in [7, 11) is 3.44. The monoisotopic (exact) mass is 410 g/mol. The van der Waals surface area contributed by atoms with E-state index < -0.39 is 0 Å². The molecule has 3 aliphatic rings. The van der Waals surface area contributed by atoms with Gasteiger partial charge in [0.15, 0.2) is 0 Å². The molecule has 1 aromatic rings. The number of rotatable bonds is 4. The molecule has 0 N–H and O–H groups in total. The van der Waals surface area contributed by atoms with Crippen LogP contribution in [0.5, 0.6) is 5.88 Å². The number of nitrogens with zero attached hydrogens (tertiary/aromatic N) is 4. The minimum Gasteiger partial charge on any atom is -0.472 e. The molecule has 0 spiro atoms. The van der Waals surface area contributed by atoms with E-state index in [4.69, 9.17) is 25.8 Å². The third kappa shape index (κ3) is 3.98. The van der Waals surface area contributed by atoms with Crippen molar-refractivity contribution >= 4 is 23.6 Å². The number of fused-ring (bicyclic) bond motifs is 2. The Morgan fingerprint density at radius 1 is 1.29 bits per heavy atom. The molecule has 3 aliphatic heterocycles. The maximum absolute atomic E-state index is 12.2. The summed E-state index contributed by atoms with van der Waals surface area (Å²) in [6.07, 6.45) is 5.52. The summed E-state index contributed by atoms with van der Waals surface area (Å²) in [5.74, 6) is 1.03. The van der Waals surface area contributed by atoms with E-state index >= 15 is 0 Å². The zero-order chi connectivity index (χ0) is 19.7. The SMILES string of the molecule is COC(=O)N1[C@@H]2CCC[C@H]1CC(N(C)c1nc(Cl)cc(O[C@@H]3CCOC3)n1)C2. The Morgan fingerprint density at radius 3 is 2.68 bits per heavy atom. The fourth-order valence-electron chi connectivity index (χ4n) is 4.62. The lowest BCUT2D eigenvalue weighted by atomic mass is 9.81. The van der Waals surface area contributed by atoms with Crippen LogP contribution < -0.4 is 9.64 Å². The predicted molar refractivity (Wildman–Crippen MR) is 104 cm³/mol. The zero-order valence-corrected chi connectivity index (χ0v) is 17.1. The molecule has 4 rings (SSSR count). The molecule has 4 atom stereocenters. The van der Waals surface area contributed by atoms with Crippen molar-refractivity contribution in [3.63, 3.8) is 0 Å². The van der Waals surface area contributed by atoms with E-state index in [0.717, 1.165) is 38.5 Å². The minimum absolute atomic E-state index is 0.00627. The third-order valence-corrected chi connectivity index (χ3v) is 6.23. The number of halogens is 1. The second-order valence-electron chi connectivity index (χ2n) is 7.78. The van der Waals surface area contributed by atoms with Crippen LogP contribution >= 0.6 is 11.6 Å². The molecule has 154 valence electrons. The first-order valence-corrected chi connectivity index (χ1v) is 10.3. The van der Waals surface area contributed by atoms with Crippen LogP contribution in [0.4, 0.5) is 10.7 Å². The maximum atomic E-state index is 12.2. The van der Waals surface area contributed by atoms with Gasteiger partial charge >= 0.3 is 6.09 Å². The van der Waals surface area contributed by atoms with Crippen LogP contribution in [-0.4, -0.2) is 72.6 Å². The molecule has 1 amide bonds. The smallest absolute Gasteiger partial charge is 0.409 e. The van der Waals surface area contributed by atoms with Gasteiger partial charge in [0.25, 0.3) is 0 Å². The van der Waals surface area contributed by atoms with Gasteiger partial charge in [0, 0.05) is 37.7 Å². The second kappa shape index (κ2) is 8.29. The molecule has 0 aliphatic carbocycles. The van der Waals surface area contributed by atoms with Crippen LogP contribution in [0, 0.1) is 0 Å². The number of amides is 1. The van der Waals surface area contributed by atoms with Crippen molar-refractivity contribution in [1.82, 2.24) is 14.9 Å². The first-order chi connectivity index (χ1) is 13.5. The van der Waals surface area contributed by atoms with E-state index in [0.29, 0.717) is 30.2 Å². The van der Waals surface area contributed by atoms with Gasteiger partial charge in [-0.1, -0.05) is 11.6 Å². The number of hydrogen-bond acceptors (Lipinski definition) is 7. The summed E-state index contributed by atoms with van der Waals surface area (Å²) in [6.45, 7) is 1.28. The Labute approximate surface area is 170 Å². The third-order valence-electron chi connectivity index (χ3n) is 6.03. The fourth-order valence-corrected chi connectivity index (χ4v) is 4.78. The Balaban J connectivity index is 1.49. The normalized spacial score (nSPS) is 29.5. The molecule has 3 fully saturated rings. The standard InChI is InChI=1S/C19H27ClN4O4/c1-23(14-8-12-4-3-5-13(9-14)24(12)19(25)26-2)18-21-16(20)10-17(22-18)28-15-6-7-27-11-15/h10,12-15H,3-9,11H2,1-2H3/t12-,13+,14?,15-/m1/s1. The predicted octanol–water partition coefficient (Wildman–Crippen LogP) is 2.89. The highest BCUT2D eigenvalue weighted by Gasteiger charge is 2.43. The van der Waals surface area contributed by atoms with Crippen molar-refractivity contribution in [2.24, 2.45) is 0 Å². The molecule has 8 nitrogen and oxygen atoms in total. The van der Waals surface area contributed by atoms with E-state index in [1.165, 1.54) is 7.11 Å². The van der Waals surface area contributed by atoms with Crippen molar-refractivity contribution in [2.75, 3.05) is 32.3 Å². The van der Waals surface area contributed by atoms with Gasteiger partial charge in [0.1, 0.15) is 11.3 Å². The van der Waals surface area contributed by atoms with E-state index in [-0.39, 0.29) is 30.3 Å². The Morgan fingerprint density at radius 2 is 2.04 bits per heavy atom. The van der Waals surface area contributed by atoms with Crippen LogP contribution in [0.3, 0.4) is 0 Å². The van der Waals surface area contributed by atoms with Crippen molar-refractivity contribution in [2.45, 2.75) is 62.8 Å². The summed E-state index contributed by atoms with van der Waals surface area (Å²) < 4.78 is 16.3. The summed E-state index contributed by atoms with van der Waals surface area (Å²) in [5, 5.41) is 0.359. The van der Waals surface area contributed by atoms with Crippen LogP contribution in [0.15, 0.2) is 6.07 Å². The zero-order valence-electron chi connectivity index (χ0n) is 16.3. The average Bonchev–Trinajstić information content (AvgIpc) is 3.18. The van der Waals surface area contributed by atoms with Crippen molar-refractivity contribution in [3.8, 4) is 5.88 Å². The summed E-state index contributed by atoms with van der Waals surface area (Å²) >= 11 is 6.24. The highest BCUT2D eigenvalue weighted by atomic mass is 35.5. The van der Waals surface area contributed by atoms with Gasteiger partial charge in [-0.05, 0) is 32.1 Å². The Hall–Kier alpha value is -1.80. The summed E-state index contributed by atoms with van der Waals surface area (Å²) in [4.78, 5) is 25.2. The van der Waals surface area contributed by atoms with E-state index in [9.17, 15) is 4.79 Å². The number of ether oxygens (including phenoxy) is 3. The molecular formula is C19H27ClN4O4. The lowest BCUT2D eigenvalue weighted by Gasteiger charge is -2.49. The number of hydrogen-bond donors (Lipinski definition) is 0. The molecule has 4 heterocycles. The highest BCUT2D eigenvalue weighted by Crippen LogP contribution is 2.37. The van der Waals surface area contributed by atoms with Gasteiger partial charge < -0.3 is 24.0 Å². The number of piperidine rings is 2. The number of methoxy groups -OCH3 is 1. The van der Waals surface area contributed by atoms with Gasteiger partial charge in [0.2, 0.25) is 11.8 Å². The van der Waals surface area contributed by atoms with Gasteiger partial charge in [-0.25, -0.2) is 9.78 Å². The molecule has 2 bridgehead atoms. The van der Waals surface area contributed by atoms with Crippen molar-refractivity contribution in [1.29, 1.82) is 0 Å². The van der Waals surface area contributed by atoms with Gasteiger partial charge in [-0.15, -0.1) is 0 Å². The number of carbonyl (C=O) groups excluding carboxylic acids is 1. The minimum atomic E-state index is -0.218. The molecule has 0 saturated carbocycles. The van der Waals surface area contributed by atoms with Crippen LogP contribution in [0.2, 0.25) is 5.15 Å². The molecule has 9 heteroatoms. The molecule has 1 unspecified atom stereocenters. The van der Waals surface area contributed by atoms with Gasteiger partial charge in [0.05, 0.1) is 20.3 Å². The molecule has 0 radical (unpaired) electrons. The van der Waals surface area contributed by atoms with Crippen LogP contribution in [0.1, 0.15) is 38.5 Å². The quantitative estimate of drug-likeness (QED) is 0.706.